The SMILES string of the molecule is COC(=O)C1(Cc2nc(Cl)nc(Cl)c2[N+](=O)[O-])CCCc2ccccc21. The van der Waals surface area contributed by atoms with E-state index in [1.165, 1.54) is 7.11 Å². The molecule has 1 atom stereocenters. The fraction of sp³-hybridized carbons (Fsp3) is 0.353. The number of nitrogens with zero attached hydrogens (tertiary/aromatic N) is 3. The van der Waals surface area contributed by atoms with Crippen LogP contribution in [0, 0.1) is 10.1 Å². The van der Waals surface area contributed by atoms with Gasteiger partial charge in [-0.25, -0.2) is 4.98 Å². The van der Waals surface area contributed by atoms with Gasteiger partial charge < -0.3 is 4.74 Å². The van der Waals surface area contributed by atoms with E-state index in [2.05, 4.69) is 9.97 Å². The number of carbonyl (C=O) groups excluding carboxylic acids is 1. The van der Waals surface area contributed by atoms with Crippen LogP contribution in [-0.2, 0) is 27.8 Å². The van der Waals surface area contributed by atoms with E-state index in [9.17, 15) is 14.9 Å². The zero-order chi connectivity index (χ0) is 18.9. The van der Waals surface area contributed by atoms with Crippen molar-refractivity contribution in [1.29, 1.82) is 0 Å². The van der Waals surface area contributed by atoms with Gasteiger partial charge in [0.05, 0.1) is 17.4 Å². The molecule has 3 rings (SSSR count). The van der Waals surface area contributed by atoms with Gasteiger partial charge in [-0.2, -0.15) is 4.98 Å². The summed E-state index contributed by atoms with van der Waals surface area (Å²) >= 11 is 11.8. The first-order valence-electron chi connectivity index (χ1n) is 7.92. The smallest absolute Gasteiger partial charge is 0.327 e. The Bertz CT molecular complexity index is 890. The Morgan fingerprint density at radius 1 is 1.35 bits per heavy atom. The van der Waals surface area contributed by atoms with Crippen molar-refractivity contribution >= 4 is 34.9 Å². The molecule has 1 aromatic carbocycles. The third-order valence-electron chi connectivity index (χ3n) is 4.70. The van der Waals surface area contributed by atoms with E-state index in [-0.39, 0.29) is 22.6 Å². The molecule has 0 N–H and O–H groups in total. The van der Waals surface area contributed by atoms with Crippen LogP contribution in [0.5, 0.6) is 0 Å². The van der Waals surface area contributed by atoms with Crippen LogP contribution in [-0.4, -0.2) is 28.0 Å². The van der Waals surface area contributed by atoms with E-state index in [0.29, 0.717) is 6.42 Å². The minimum Gasteiger partial charge on any atom is -0.468 e. The van der Waals surface area contributed by atoms with Crippen molar-refractivity contribution in [3.8, 4) is 0 Å². The lowest BCUT2D eigenvalue weighted by molar-refractivity contribution is -0.386. The highest BCUT2D eigenvalue weighted by Crippen LogP contribution is 2.43. The summed E-state index contributed by atoms with van der Waals surface area (Å²) in [6.45, 7) is 0. The van der Waals surface area contributed by atoms with Gasteiger partial charge in [0, 0.05) is 6.42 Å². The summed E-state index contributed by atoms with van der Waals surface area (Å²) in [6, 6.07) is 7.52. The average molecular weight is 396 g/mol. The molecular weight excluding hydrogens is 381 g/mol. The third-order valence-corrected chi connectivity index (χ3v) is 5.13. The number of halogens is 2. The van der Waals surface area contributed by atoms with Crippen LogP contribution < -0.4 is 0 Å². The fourth-order valence-electron chi connectivity index (χ4n) is 3.62. The van der Waals surface area contributed by atoms with Gasteiger partial charge >= 0.3 is 11.7 Å². The molecule has 7 nitrogen and oxygen atoms in total. The largest absolute Gasteiger partial charge is 0.468 e. The Labute approximate surface area is 159 Å². The Hall–Kier alpha value is -2.25. The second-order valence-electron chi connectivity index (χ2n) is 6.10. The number of nitro groups is 1. The van der Waals surface area contributed by atoms with Crippen molar-refractivity contribution in [3.63, 3.8) is 0 Å². The number of methoxy groups -OCH3 is 1. The lowest BCUT2D eigenvalue weighted by atomic mass is 9.67. The molecule has 0 aliphatic heterocycles. The number of ether oxygens (including phenoxy) is 1. The lowest BCUT2D eigenvalue weighted by Crippen LogP contribution is -2.42. The second-order valence-corrected chi connectivity index (χ2v) is 6.79. The topological polar surface area (TPSA) is 95.2 Å². The molecule has 0 radical (unpaired) electrons. The fourth-order valence-corrected chi connectivity index (χ4v) is 4.10. The molecule has 1 unspecified atom stereocenters. The monoisotopic (exact) mass is 395 g/mol. The summed E-state index contributed by atoms with van der Waals surface area (Å²) in [5.74, 6) is -0.468. The van der Waals surface area contributed by atoms with Crippen molar-refractivity contribution in [1.82, 2.24) is 9.97 Å². The first kappa shape index (κ1) is 18.5. The predicted octanol–water partition coefficient (Wildman–Crippen LogP) is 3.68. The molecule has 1 aliphatic rings. The lowest BCUT2D eigenvalue weighted by Gasteiger charge is -2.36. The van der Waals surface area contributed by atoms with E-state index in [1.807, 2.05) is 24.3 Å². The summed E-state index contributed by atoms with van der Waals surface area (Å²) in [4.78, 5) is 31.3. The first-order chi connectivity index (χ1) is 12.4. The number of esters is 1. The van der Waals surface area contributed by atoms with E-state index in [4.69, 9.17) is 27.9 Å². The number of aromatic nitrogens is 2. The van der Waals surface area contributed by atoms with E-state index >= 15 is 0 Å². The normalized spacial score (nSPS) is 18.9. The number of fused-ring (bicyclic) bond motifs is 1. The van der Waals surface area contributed by atoms with E-state index in [0.717, 1.165) is 24.0 Å². The molecule has 0 spiro atoms. The molecule has 0 saturated carbocycles. The third kappa shape index (κ3) is 3.12. The Balaban J connectivity index is 2.20. The van der Waals surface area contributed by atoms with Gasteiger partial charge in [0.25, 0.3) is 0 Å². The summed E-state index contributed by atoms with van der Waals surface area (Å²) in [5.41, 5.74) is 0.288. The summed E-state index contributed by atoms with van der Waals surface area (Å²) in [7, 11) is 1.30. The van der Waals surface area contributed by atoms with Crippen LogP contribution in [0.2, 0.25) is 10.4 Å². The van der Waals surface area contributed by atoms with Crippen LogP contribution in [0.3, 0.4) is 0 Å². The maximum absolute atomic E-state index is 12.8. The number of carbonyl (C=O) groups is 1. The summed E-state index contributed by atoms with van der Waals surface area (Å²) < 4.78 is 5.06. The number of hydrogen-bond donors (Lipinski definition) is 0. The number of hydrogen-bond acceptors (Lipinski definition) is 6. The minimum absolute atomic E-state index is 0.0158. The molecule has 2 aromatic rings. The molecule has 136 valence electrons. The Kier molecular flexibility index (Phi) is 5.11. The standard InChI is InChI=1S/C17H15Cl2N3O4/c1-26-15(23)17(8-4-6-10-5-2-3-7-11(10)17)9-12-13(22(24)25)14(18)21-16(19)20-12/h2-3,5,7H,4,6,8-9H2,1H3. The zero-order valence-corrected chi connectivity index (χ0v) is 15.4. The van der Waals surface area contributed by atoms with Crippen molar-refractivity contribution in [2.24, 2.45) is 0 Å². The highest BCUT2D eigenvalue weighted by molar-refractivity contribution is 6.33. The van der Waals surface area contributed by atoms with Crippen LogP contribution in [0.25, 0.3) is 0 Å². The van der Waals surface area contributed by atoms with Crippen LogP contribution in [0.4, 0.5) is 5.69 Å². The maximum Gasteiger partial charge on any atom is 0.327 e. The van der Waals surface area contributed by atoms with Crippen molar-refractivity contribution in [3.05, 3.63) is 61.6 Å². The molecule has 1 aliphatic carbocycles. The van der Waals surface area contributed by atoms with Gasteiger partial charge in [0.1, 0.15) is 5.69 Å². The van der Waals surface area contributed by atoms with Crippen LogP contribution in [0.15, 0.2) is 24.3 Å². The van der Waals surface area contributed by atoms with Crippen LogP contribution in [0.1, 0.15) is 29.7 Å². The van der Waals surface area contributed by atoms with E-state index in [1.54, 1.807) is 0 Å². The van der Waals surface area contributed by atoms with Gasteiger partial charge in [0.2, 0.25) is 10.4 Å². The molecule has 9 heteroatoms. The van der Waals surface area contributed by atoms with Gasteiger partial charge in [-0.3, -0.25) is 14.9 Å². The summed E-state index contributed by atoms with van der Waals surface area (Å²) in [5, 5.41) is 10.9. The minimum atomic E-state index is -1.09. The van der Waals surface area contributed by atoms with Gasteiger partial charge in [-0.05, 0) is 42.0 Å². The first-order valence-corrected chi connectivity index (χ1v) is 8.68. The Morgan fingerprint density at radius 3 is 2.77 bits per heavy atom. The van der Waals surface area contributed by atoms with E-state index < -0.39 is 22.0 Å². The average Bonchev–Trinajstić information content (AvgIpc) is 2.60. The molecule has 0 bridgehead atoms. The molecule has 1 heterocycles. The molecule has 1 aromatic heterocycles. The van der Waals surface area contributed by atoms with Crippen molar-refractivity contribution < 1.29 is 14.5 Å². The number of rotatable bonds is 4. The number of benzene rings is 1. The number of aryl methyl sites for hydroxylation is 1. The predicted molar refractivity (Wildman–Crippen MR) is 95.5 cm³/mol. The Morgan fingerprint density at radius 2 is 2.08 bits per heavy atom. The highest BCUT2D eigenvalue weighted by Gasteiger charge is 2.46. The molecule has 0 fully saturated rings. The molecule has 0 saturated heterocycles. The molecular formula is C17H15Cl2N3O4. The maximum atomic E-state index is 12.8. The van der Waals surface area contributed by atoms with Gasteiger partial charge in [-0.15, -0.1) is 0 Å². The van der Waals surface area contributed by atoms with Crippen LogP contribution >= 0.6 is 23.2 Å². The molecule has 0 amide bonds. The second kappa shape index (κ2) is 7.17. The quantitative estimate of drug-likeness (QED) is 0.257. The van der Waals surface area contributed by atoms with Crippen molar-refractivity contribution in [2.75, 3.05) is 7.11 Å². The zero-order valence-electron chi connectivity index (χ0n) is 13.9. The molecule has 26 heavy (non-hydrogen) atoms. The van der Waals surface area contributed by atoms with Gasteiger partial charge in [-0.1, -0.05) is 35.9 Å². The van der Waals surface area contributed by atoms with Crippen molar-refractivity contribution in [2.45, 2.75) is 31.1 Å². The van der Waals surface area contributed by atoms with Gasteiger partial charge in [0.15, 0.2) is 0 Å². The highest BCUT2D eigenvalue weighted by atomic mass is 35.5. The summed E-state index contributed by atoms with van der Waals surface area (Å²) in [6.07, 6.45) is 2.00.